The summed E-state index contributed by atoms with van der Waals surface area (Å²) in [6.07, 6.45) is 3.66. The molecule has 0 unspecified atom stereocenters. The zero-order valence-corrected chi connectivity index (χ0v) is 11.5. The monoisotopic (exact) mass is 264 g/mol. The van der Waals surface area contributed by atoms with E-state index in [-0.39, 0.29) is 0 Å². The predicted molar refractivity (Wildman–Crippen MR) is 81.7 cm³/mol. The van der Waals surface area contributed by atoms with Crippen LogP contribution in [-0.4, -0.2) is 20.4 Å². The Morgan fingerprint density at radius 2 is 1.35 bits per heavy atom. The maximum absolute atomic E-state index is 3.92. The molecular formula is C16H16N4. The topological polar surface area (TPSA) is 57.4 Å². The molecule has 20 heavy (non-hydrogen) atoms. The second kappa shape index (κ2) is 5.17. The second-order valence-electron chi connectivity index (χ2n) is 4.92. The van der Waals surface area contributed by atoms with Gasteiger partial charge in [-0.25, -0.2) is 0 Å². The Labute approximate surface area is 116 Å². The molecule has 100 valence electrons. The summed E-state index contributed by atoms with van der Waals surface area (Å²) in [7, 11) is 0. The predicted octanol–water partition coefficient (Wildman–Crippen LogP) is 3.74. The first kappa shape index (κ1) is 12.4. The Balaban J connectivity index is 0.000000121. The van der Waals surface area contributed by atoms with E-state index in [1.165, 1.54) is 21.9 Å². The first-order valence-corrected chi connectivity index (χ1v) is 6.52. The van der Waals surface area contributed by atoms with Crippen LogP contribution in [0, 0.1) is 13.8 Å². The van der Waals surface area contributed by atoms with Crippen LogP contribution >= 0.6 is 0 Å². The maximum atomic E-state index is 3.92. The summed E-state index contributed by atoms with van der Waals surface area (Å²) in [6, 6.07) is 12.4. The Bertz CT molecular complexity index is 770. The summed E-state index contributed by atoms with van der Waals surface area (Å²) in [5.74, 6) is 0. The van der Waals surface area contributed by atoms with Crippen molar-refractivity contribution in [3.05, 3.63) is 59.9 Å². The van der Waals surface area contributed by atoms with Gasteiger partial charge in [0, 0.05) is 10.8 Å². The lowest BCUT2D eigenvalue weighted by atomic mass is 10.2. The summed E-state index contributed by atoms with van der Waals surface area (Å²) in [6.45, 7) is 4.15. The summed E-state index contributed by atoms with van der Waals surface area (Å²) >= 11 is 0. The van der Waals surface area contributed by atoms with Gasteiger partial charge in [0.05, 0.1) is 23.4 Å². The number of nitrogens with one attached hydrogen (secondary N) is 2. The third-order valence-electron chi connectivity index (χ3n) is 3.19. The van der Waals surface area contributed by atoms with Crippen LogP contribution < -0.4 is 0 Å². The van der Waals surface area contributed by atoms with Gasteiger partial charge in [0.1, 0.15) is 0 Å². The molecule has 2 aromatic carbocycles. The molecule has 4 nitrogen and oxygen atoms in total. The van der Waals surface area contributed by atoms with E-state index in [0.29, 0.717) is 0 Å². The molecule has 2 N–H and O–H groups in total. The van der Waals surface area contributed by atoms with Gasteiger partial charge in [-0.1, -0.05) is 23.8 Å². The highest BCUT2D eigenvalue weighted by Crippen LogP contribution is 2.11. The van der Waals surface area contributed by atoms with Gasteiger partial charge in [-0.15, -0.1) is 0 Å². The quantitative estimate of drug-likeness (QED) is 0.508. The first-order valence-electron chi connectivity index (χ1n) is 6.52. The van der Waals surface area contributed by atoms with E-state index >= 15 is 0 Å². The van der Waals surface area contributed by atoms with Crippen molar-refractivity contribution in [3.63, 3.8) is 0 Å². The number of benzene rings is 2. The molecule has 0 saturated heterocycles. The van der Waals surface area contributed by atoms with Crippen molar-refractivity contribution in [1.29, 1.82) is 0 Å². The molecule has 0 aliphatic heterocycles. The Morgan fingerprint density at radius 3 is 2.20 bits per heavy atom. The lowest BCUT2D eigenvalue weighted by Crippen LogP contribution is -1.70. The third kappa shape index (κ3) is 2.54. The average Bonchev–Trinajstić information content (AvgIpc) is 3.06. The molecule has 4 rings (SSSR count). The lowest BCUT2D eigenvalue weighted by molar-refractivity contribution is 1.12. The van der Waals surface area contributed by atoms with Crippen LogP contribution in [0.4, 0.5) is 0 Å². The fourth-order valence-electron chi connectivity index (χ4n) is 2.11. The first-order chi connectivity index (χ1) is 9.72. The van der Waals surface area contributed by atoms with Crippen LogP contribution in [0.15, 0.2) is 48.8 Å². The summed E-state index contributed by atoms with van der Waals surface area (Å²) in [4.78, 5) is 0. The molecule has 2 aromatic heterocycles. The van der Waals surface area contributed by atoms with Crippen LogP contribution in [0.1, 0.15) is 11.1 Å². The smallest absolute Gasteiger partial charge is 0.0652 e. The van der Waals surface area contributed by atoms with Crippen molar-refractivity contribution in [2.75, 3.05) is 0 Å². The zero-order valence-electron chi connectivity index (χ0n) is 11.5. The molecule has 4 aromatic rings. The van der Waals surface area contributed by atoms with Crippen LogP contribution in [0.25, 0.3) is 21.8 Å². The van der Waals surface area contributed by atoms with Gasteiger partial charge in [0.25, 0.3) is 0 Å². The summed E-state index contributed by atoms with van der Waals surface area (Å²) in [5, 5.41) is 16.0. The van der Waals surface area contributed by atoms with Gasteiger partial charge in [-0.2, -0.15) is 10.2 Å². The molecule has 0 amide bonds. The summed E-state index contributed by atoms with van der Waals surface area (Å²) < 4.78 is 0. The summed E-state index contributed by atoms with van der Waals surface area (Å²) in [5.41, 5.74) is 4.75. The Morgan fingerprint density at radius 1 is 0.700 bits per heavy atom. The number of nitrogens with zero attached hydrogens (tertiary/aromatic N) is 2. The van der Waals surface area contributed by atoms with Crippen LogP contribution in [0.3, 0.4) is 0 Å². The maximum Gasteiger partial charge on any atom is 0.0652 e. The number of H-pyrrole nitrogens is 2. The zero-order chi connectivity index (χ0) is 13.9. The molecule has 0 fully saturated rings. The second-order valence-corrected chi connectivity index (χ2v) is 4.92. The van der Waals surface area contributed by atoms with E-state index < -0.39 is 0 Å². The fraction of sp³-hybridized carbons (Fsp3) is 0.125. The Hall–Kier alpha value is -2.62. The minimum Gasteiger partial charge on any atom is -0.278 e. The van der Waals surface area contributed by atoms with Gasteiger partial charge in [-0.05, 0) is 37.6 Å². The van der Waals surface area contributed by atoms with Gasteiger partial charge in [-0.3, -0.25) is 10.2 Å². The van der Waals surface area contributed by atoms with Gasteiger partial charge >= 0.3 is 0 Å². The standard InChI is InChI=1S/2C8H8N2/c1-6-2-3-8-7(4-6)5-9-10-8;1-6-2-3-7-5-9-10-8(7)4-6/h2*2-5H,1H3,(H,9,10). The van der Waals surface area contributed by atoms with Gasteiger partial charge in [0.2, 0.25) is 0 Å². The number of aryl methyl sites for hydroxylation is 2. The van der Waals surface area contributed by atoms with Crippen molar-refractivity contribution < 1.29 is 0 Å². The highest BCUT2D eigenvalue weighted by atomic mass is 15.1. The van der Waals surface area contributed by atoms with Crippen LogP contribution in [0.5, 0.6) is 0 Å². The number of aromatic amines is 2. The van der Waals surface area contributed by atoms with Crippen molar-refractivity contribution >= 4 is 21.8 Å². The minimum absolute atomic E-state index is 1.10. The number of rotatable bonds is 0. The van der Waals surface area contributed by atoms with E-state index in [9.17, 15) is 0 Å². The lowest BCUT2D eigenvalue weighted by Gasteiger charge is -1.89. The number of fused-ring (bicyclic) bond motifs is 2. The molecule has 0 aliphatic rings. The van der Waals surface area contributed by atoms with E-state index in [1.807, 2.05) is 18.5 Å². The largest absolute Gasteiger partial charge is 0.278 e. The highest BCUT2D eigenvalue weighted by molar-refractivity contribution is 5.78. The third-order valence-corrected chi connectivity index (χ3v) is 3.19. The van der Waals surface area contributed by atoms with Crippen LogP contribution in [0.2, 0.25) is 0 Å². The highest BCUT2D eigenvalue weighted by Gasteiger charge is 1.93. The number of aromatic nitrogens is 4. The molecule has 4 heteroatoms. The number of hydrogen-bond donors (Lipinski definition) is 2. The van der Waals surface area contributed by atoms with E-state index in [4.69, 9.17) is 0 Å². The van der Waals surface area contributed by atoms with E-state index in [1.54, 1.807) is 0 Å². The molecular weight excluding hydrogens is 248 g/mol. The van der Waals surface area contributed by atoms with Crippen molar-refractivity contribution in [2.45, 2.75) is 13.8 Å². The molecule has 0 spiro atoms. The molecule has 0 aliphatic carbocycles. The molecule has 2 heterocycles. The fourth-order valence-corrected chi connectivity index (χ4v) is 2.11. The van der Waals surface area contributed by atoms with Gasteiger partial charge < -0.3 is 0 Å². The van der Waals surface area contributed by atoms with E-state index in [0.717, 1.165) is 11.0 Å². The minimum atomic E-state index is 1.10. The molecule has 0 bridgehead atoms. The van der Waals surface area contributed by atoms with Crippen LogP contribution in [-0.2, 0) is 0 Å². The van der Waals surface area contributed by atoms with Crippen molar-refractivity contribution in [3.8, 4) is 0 Å². The number of hydrogen-bond acceptors (Lipinski definition) is 2. The van der Waals surface area contributed by atoms with Crippen molar-refractivity contribution in [2.24, 2.45) is 0 Å². The van der Waals surface area contributed by atoms with Crippen molar-refractivity contribution in [1.82, 2.24) is 20.4 Å². The van der Waals surface area contributed by atoms with E-state index in [2.05, 4.69) is 64.6 Å². The molecule has 0 saturated carbocycles. The molecule has 0 radical (unpaired) electrons. The van der Waals surface area contributed by atoms with Gasteiger partial charge in [0.15, 0.2) is 0 Å². The normalized spacial score (nSPS) is 10.5. The Kier molecular flexibility index (Phi) is 3.21. The average molecular weight is 264 g/mol. The SMILES string of the molecule is Cc1ccc2[nH]ncc2c1.Cc1ccc2cn[nH]c2c1. The molecule has 0 atom stereocenters.